The van der Waals surface area contributed by atoms with Gasteiger partial charge in [0, 0.05) is 22.7 Å². The highest BCUT2D eigenvalue weighted by atomic mass is 15.2. The molecular weight excluding hydrogens is 437 g/mol. The van der Waals surface area contributed by atoms with Crippen LogP contribution in [0.4, 0.5) is 17.1 Å². The van der Waals surface area contributed by atoms with Crippen molar-refractivity contribution in [3.8, 4) is 5.69 Å². The number of aromatic nitrogens is 2. The zero-order valence-corrected chi connectivity index (χ0v) is 19.5. The molecule has 0 bridgehead atoms. The molecule has 0 fully saturated rings. The second-order valence-electron chi connectivity index (χ2n) is 9.79. The largest absolute Gasteiger partial charge is 0.311 e. The molecule has 0 spiro atoms. The van der Waals surface area contributed by atoms with Crippen molar-refractivity contribution in [1.82, 2.24) is 8.97 Å². The van der Waals surface area contributed by atoms with E-state index in [-0.39, 0.29) is 6.71 Å². The molecule has 36 heavy (non-hydrogen) atoms. The lowest BCUT2D eigenvalue weighted by atomic mass is 9.34. The van der Waals surface area contributed by atoms with Crippen LogP contribution in [0.25, 0.3) is 33.3 Å². The summed E-state index contributed by atoms with van der Waals surface area (Å²) in [6, 6.07) is 44.2. The number of benzene rings is 5. The van der Waals surface area contributed by atoms with Gasteiger partial charge in [-0.05, 0) is 70.3 Å². The Morgan fingerprint density at radius 1 is 0.472 bits per heavy atom. The fourth-order valence-corrected chi connectivity index (χ4v) is 6.80. The SMILES string of the molecule is c1ccc(N2c3ccccc3B3c4c2cccc4-n2c4ccccc4n4c5ccccc5c3c24)cc1. The Bertz CT molecular complexity index is 2010. The molecule has 0 amide bonds. The summed E-state index contributed by atoms with van der Waals surface area (Å²) in [6.07, 6.45) is 0. The maximum absolute atomic E-state index is 2.50. The third-order valence-electron chi connectivity index (χ3n) is 8.09. The van der Waals surface area contributed by atoms with Gasteiger partial charge in [0.25, 0.3) is 6.71 Å². The van der Waals surface area contributed by atoms with Gasteiger partial charge in [0.05, 0.1) is 16.6 Å². The van der Waals surface area contributed by atoms with E-state index in [0.717, 1.165) is 0 Å². The normalized spacial score (nSPS) is 13.4. The summed E-state index contributed by atoms with van der Waals surface area (Å²) < 4.78 is 4.97. The molecule has 2 aromatic heterocycles. The minimum absolute atomic E-state index is 0.166. The van der Waals surface area contributed by atoms with Crippen molar-refractivity contribution in [1.29, 1.82) is 0 Å². The molecule has 0 N–H and O–H groups in total. The molecule has 5 aromatic carbocycles. The average molecular weight is 457 g/mol. The third-order valence-corrected chi connectivity index (χ3v) is 8.09. The highest BCUT2D eigenvalue weighted by Gasteiger charge is 2.43. The van der Waals surface area contributed by atoms with Crippen LogP contribution in [-0.2, 0) is 0 Å². The van der Waals surface area contributed by atoms with E-state index in [1.54, 1.807) is 0 Å². The fraction of sp³-hybridized carbons (Fsp3) is 0. The molecule has 0 saturated heterocycles. The molecule has 4 heteroatoms. The van der Waals surface area contributed by atoms with Gasteiger partial charge in [-0.25, -0.2) is 0 Å². The van der Waals surface area contributed by atoms with E-state index in [2.05, 4.69) is 135 Å². The van der Waals surface area contributed by atoms with Crippen LogP contribution in [-0.4, -0.2) is 15.7 Å². The molecular formula is C32H20BN3. The van der Waals surface area contributed by atoms with Crippen LogP contribution in [0.1, 0.15) is 0 Å². The second kappa shape index (κ2) is 6.49. The van der Waals surface area contributed by atoms with E-state index in [1.807, 2.05) is 0 Å². The fourth-order valence-electron chi connectivity index (χ4n) is 6.80. The van der Waals surface area contributed by atoms with Crippen LogP contribution in [0, 0.1) is 0 Å². The molecule has 0 saturated carbocycles. The topological polar surface area (TPSA) is 12.6 Å². The summed E-state index contributed by atoms with van der Waals surface area (Å²) in [4.78, 5) is 2.44. The van der Waals surface area contributed by atoms with Crippen molar-refractivity contribution in [2.75, 3.05) is 4.90 Å². The molecule has 2 aliphatic rings. The molecule has 7 aromatic rings. The summed E-state index contributed by atoms with van der Waals surface area (Å²) >= 11 is 0. The minimum atomic E-state index is 0.166. The minimum Gasteiger partial charge on any atom is -0.311 e. The molecule has 0 aliphatic carbocycles. The molecule has 0 radical (unpaired) electrons. The highest BCUT2D eigenvalue weighted by Crippen LogP contribution is 2.40. The lowest BCUT2D eigenvalue weighted by Gasteiger charge is -2.39. The Morgan fingerprint density at radius 2 is 1.14 bits per heavy atom. The second-order valence-corrected chi connectivity index (χ2v) is 9.79. The number of fused-ring (bicyclic) bond motifs is 10. The third kappa shape index (κ3) is 2.08. The van der Waals surface area contributed by atoms with Crippen LogP contribution in [0.15, 0.2) is 121 Å². The number of hydrogen-bond acceptors (Lipinski definition) is 1. The van der Waals surface area contributed by atoms with Gasteiger partial charge < -0.3 is 4.90 Å². The number of imidazole rings is 1. The van der Waals surface area contributed by atoms with Crippen LogP contribution < -0.4 is 21.3 Å². The number of para-hydroxylation sites is 5. The summed E-state index contributed by atoms with van der Waals surface area (Å²) in [5.41, 5.74) is 14.2. The standard InChI is InChI=1S/C32H20BN3/c1-2-11-21(12-3-1)34-25-16-7-5-14-23(25)33-30-22-13-4-6-15-24(22)35-26-17-8-9-18-27(26)36(32(30)35)29-20-10-19-28(34)31(29)33/h1-20H. The van der Waals surface area contributed by atoms with Gasteiger partial charge in [0.2, 0.25) is 0 Å². The first kappa shape index (κ1) is 18.6. The molecule has 166 valence electrons. The van der Waals surface area contributed by atoms with Crippen molar-refractivity contribution in [3.05, 3.63) is 121 Å². The lowest BCUT2D eigenvalue weighted by Crippen LogP contribution is -2.60. The zero-order chi connectivity index (χ0) is 23.4. The predicted molar refractivity (Wildman–Crippen MR) is 151 cm³/mol. The predicted octanol–water partition coefficient (Wildman–Crippen LogP) is 5.65. The highest BCUT2D eigenvalue weighted by molar-refractivity contribution is 7.01. The van der Waals surface area contributed by atoms with Crippen LogP contribution >= 0.6 is 0 Å². The van der Waals surface area contributed by atoms with Crippen molar-refractivity contribution in [2.45, 2.75) is 0 Å². The van der Waals surface area contributed by atoms with E-state index in [1.165, 1.54) is 66.7 Å². The molecule has 3 nitrogen and oxygen atoms in total. The van der Waals surface area contributed by atoms with Gasteiger partial charge in [-0.3, -0.25) is 8.97 Å². The summed E-state index contributed by atoms with van der Waals surface area (Å²) in [6.45, 7) is 0.166. The molecule has 2 aliphatic heterocycles. The lowest BCUT2D eigenvalue weighted by molar-refractivity contribution is 1.15. The van der Waals surface area contributed by atoms with Gasteiger partial charge in [0.15, 0.2) is 0 Å². The van der Waals surface area contributed by atoms with Gasteiger partial charge in [-0.2, -0.15) is 0 Å². The Kier molecular flexibility index (Phi) is 3.36. The van der Waals surface area contributed by atoms with Gasteiger partial charge in [0.1, 0.15) is 5.65 Å². The monoisotopic (exact) mass is 457 g/mol. The van der Waals surface area contributed by atoms with E-state index in [0.29, 0.717) is 0 Å². The first-order chi connectivity index (χ1) is 17.9. The quantitative estimate of drug-likeness (QED) is 0.291. The first-order valence-corrected chi connectivity index (χ1v) is 12.5. The van der Waals surface area contributed by atoms with Crippen molar-refractivity contribution >= 4 is 67.7 Å². The average Bonchev–Trinajstić information content (AvgIpc) is 3.46. The number of nitrogens with zero attached hydrogens (tertiary/aromatic N) is 3. The summed E-state index contributed by atoms with van der Waals surface area (Å²) in [7, 11) is 0. The van der Waals surface area contributed by atoms with E-state index in [4.69, 9.17) is 0 Å². The number of hydrogen-bond donors (Lipinski definition) is 0. The Balaban J connectivity index is 1.53. The van der Waals surface area contributed by atoms with Crippen molar-refractivity contribution < 1.29 is 0 Å². The Hall–Kier alpha value is -4.70. The van der Waals surface area contributed by atoms with E-state index < -0.39 is 0 Å². The maximum Gasteiger partial charge on any atom is 0.255 e. The van der Waals surface area contributed by atoms with Gasteiger partial charge >= 0.3 is 0 Å². The smallest absolute Gasteiger partial charge is 0.255 e. The molecule has 9 rings (SSSR count). The van der Waals surface area contributed by atoms with Crippen molar-refractivity contribution in [2.24, 2.45) is 0 Å². The van der Waals surface area contributed by atoms with E-state index >= 15 is 0 Å². The maximum atomic E-state index is 2.50. The van der Waals surface area contributed by atoms with Crippen molar-refractivity contribution in [3.63, 3.8) is 0 Å². The molecule has 0 unspecified atom stereocenters. The Labute approximate surface area is 208 Å². The van der Waals surface area contributed by atoms with E-state index in [9.17, 15) is 0 Å². The van der Waals surface area contributed by atoms with Crippen LogP contribution in [0.2, 0.25) is 0 Å². The van der Waals surface area contributed by atoms with Crippen LogP contribution in [0.3, 0.4) is 0 Å². The van der Waals surface area contributed by atoms with Crippen LogP contribution in [0.5, 0.6) is 0 Å². The summed E-state index contributed by atoms with van der Waals surface area (Å²) in [5.74, 6) is 0. The zero-order valence-electron chi connectivity index (χ0n) is 19.5. The Morgan fingerprint density at radius 3 is 2.03 bits per heavy atom. The van der Waals surface area contributed by atoms with Gasteiger partial charge in [-0.1, -0.05) is 72.8 Å². The number of rotatable bonds is 1. The number of anilines is 3. The summed E-state index contributed by atoms with van der Waals surface area (Å²) in [5, 5.41) is 1.33. The first-order valence-electron chi connectivity index (χ1n) is 12.5. The molecule has 0 atom stereocenters. The molecule has 4 heterocycles. The van der Waals surface area contributed by atoms with Gasteiger partial charge in [-0.15, -0.1) is 0 Å².